The van der Waals surface area contributed by atoms with Gasteiger partial charge in [0, 0.05) is 44.3 Å². The fourth-order valence-electron chi connectivity index (χ4n) is 3.08. The fraction of sp³-hybridized carbons (Fsp3) is 0.400. The van der Waals surface area contributed by atoms with Crippen molar-refractivity contribution in [2.75, 3.05) is 36.4 Å². The molecular formula is C20H25FN6O2. The molecular weight excluding hydrogens is 375 g/mol. The van der Waals surface area contributed by atoms with Crippen LogP contribution in [-0.2, 0) is 4.79 Å². The van der Waals surface area contributed by atoms with Gasteiger partial charge in [-0.1, -0.05) is 13.8 Å². The first-order valence-corrected chi connectivity index (χ1v) is 9.58. The molecule has 1 aromatic carbocycles. The van der Waals surface area contributed by atoms with E-state index >= 15 is 0 Å². The van der Waals surface area contributed by atoms with E-state index in [1.54, 1.807) is 23.4 Å². The number of carbonyl (C=O) groups excluding carboxylic acids is 2. The quantitative estimate of drug-likeness (QED) is 0.802. The van der Waals surface area contributed by atoms with Gasteiger partial charge in [0.15, 0.2) is 0 Å². The molecule has 3 rings (SSSR count). The smallest absolute Gasteiger partial charge is 0.318 e. The normalized spacial score (nSPS) is 15.2. The molecule has 29 heavy (non-hydrogen) atoms. The molecule has 0 spiro atoms. The number of nitrogens with zero attached hydrogens (tertiary/aromatic N) is 4. The van der Waals surface area contributed by atoms with Gasteiger partial charge in [-0.05, 0) is 36.2 Å². The van der Waals surface area contributed by atoms with Crippen molar-refractivity contribution < 1.29 is 14.0 Å². The third-order valence-corrected chi connectivity index (χ3v) is 4.74. The number of carbonyl (C=O) groups is 2. The van der Waals surface area contributed by atoms with Crippen molar-refractivity contribution in [1.82, 2.24) is 20.2 Å². The lowest BCUT2D eigenvalue weighted by Crippen LogP contribution is -2.56. The van der Waals surface area contributed by atoms with Crippen LogP contribution in [0.4, 0.5) is 20.8 Å². The van der Waals surface area contributed by atoms with Gasteiger partial charge in [0.2, 0.25) is 11.9 Å². The van der Waals surface area contributed by atoms with Crippen LogP contribution in [-0.4, -0.2) is 59.0 Å². The molecule has 1 aliphatic heterocycles. The molecule has 0 unspecified atom stereocenters. The average Bonchev–Trinajstić information content (AvgIpc) is 2.74. The largest absolute Gasteiger partial charge is 0.337 e. The molecule has 0 radical (unpaired) electrons. The van der Waals surface area contributed by atoms with Gasteiger partial charge in [-0.25, -0.2) is 19.2 Å². The second kappa shape index (κ2) is 9.31. The van der Waals surface area contributed by atoms with E-state index in [-0.39, 0.29) is 23.7 Å². The molecule has 2 heterocycles. The van der Waals surface area contributed by atoms with Gasteiger partial charge in [-0.2, -0.15) is 0 Å². The van der Waals surface area contributed by atoms with Gasteiger partial charge in [-0.15, -0.1) is 0 Å². The number of piperazine rings is 1. The Labute approximate surface area is 169 Å². The van der Waals surface area contributed by atoms with Crippen LogP contribution in [0.2, 0.25) is 0 Å². The van der Waals surface area contributed by atoms with Crippen molar-refractivity contribution in [1.29, 1.82) is 0 Å². The van der Waals surface area contributed by atoms with Crippen LogP contribution in [0.1, 0.15) is 13.8 Å². The van der Waals surface area contributed by atoms with E-state index in [9.17, 15) is 14.0 Å². The first-order chi connectivity index (χ1) is 13.9. The number of benzene rings is 1. The molecule has 2 aromatic rings. The Hall–Kier alpha value is -3.23. The molecule has 0 bridgehead atoms. The Morgan fingerprint density at radius 1 is 1.03 bits per heavy atom. The van der Waals surface area contributed by atoms with Gasteiger partial charge >= 0.3 is 6.03 Å². The summed E-state index contributed by atoms with van der Waals surface area (Å²) in [5.74, 6) is -0.183. The van der Waals surface area contributed by atoms with Gasteiger partial charge in [-0.3, -0.25) is 4.79 Å². The highest BCUT2D eigenvalue weighted by atomic mass is 19.1. The van der Waals surface area contributed by atoms with E-state index in [1.807, 2.05) is 18.7 Å². The molecule has 0 saturated carbocycles. The molecule has 154 valence electrons. The highest BCUT2D eigenvalue weighted by Gasteiger charge is 2.28. The van der Waals surface area contributed by atoms with Gasteiger partial charge in [0.25, 0.3) is 0 Å². The van der Waals surface area contributed by atoms with Crippen molar-refractivity contribution in [3.8, 4) is 0 Å². The van der Waals surface area contributed by atoms with Crippen LogP contribution in [0, 0.1) is 11.7 Å². The molecule has 0 aliphatic carbocycles. The zero-order valence-electron chi connectivity index (χ0n) is 16.5. The molecule has 1 atom stereocenters. The lowest BCUT2D eigenvalue weighted by molar-refractivity contribution is -0.118. The molecule has 8 nitrogen and oxygen atoms in total. The number of rotatable bonds is 5. The van der Waals surface area contributed by atoms with Crippen molar-refractivity contribution in [2.24, 2.45) is 5.92 Å². The highest BCUT2D eigenvalue weighted by Crippen LogP contribution is 2.13. The molecule has 1 aromatic heterocycles. The van der Waals surface area contributed by atoms with Crippen molar-refractivity contribution in [3.05, 3.63) is 48.5 Å². The predicted molar refractivity (Wildman–Crippen MR) is 108 cm³/mol. The summed E-state index contributed by atoms with van der Waals surface area (Å²) < 4.78 is 13.0. The summed E-state index contributed by atoms with van der Waals surface area (Å²) in [7, 11) is 0. The van der Waals surface area contributed by atoms with Gasteiger partial charge < -0.3 is 20.4 Å². The van der Waals surface area contributed by atoms with Crippen molar-refractivity contribution >= 4 is 23.6 Å². The van der Waals surface area contributed by atoms with E-state index in [1.165, 1.54) is 24.3 Å². The standard InChI is InChI=1S/C20H25FN6O2/c1-14(2)17(18(28)24-16-6-4-15(21)5-7-16)25-20(29)27-12-10-26(11-13-27)19-22-8-3-9-23-19/h3-9,14,17H,10-13H2,1-2H3,(H,24,28)(H,25,29)/t17-/m0/s1. The first kappa shape index (κ1) is 20.5. The van der Waals surface area contributed by atoms with Crippen LogP contribution in [0.15, 0.2) is 42.7 Å². The Bertz CT molecular complexity index is 823. The van der Waals surface area contributed by atoms with Gasteiger partial charge in [0.05, 0.1) is 0 Å². The molecule has 1 saturated heterocycles. The summed E-state index contributed by atoms with van der Waals surface area (Å²) in [4.78, 5) is 37.5. The minimum Gasteiger partial charge on any atom is -0.337 e. The maximum Gasteiger partial charge on any atom is 0.318 e. The topological polar surface area (TPSA) is 90.5 Å². The number of hydrogen-bond acceptors (Lipinski definition) is 5. The second-order valence-electron chi connectivity index (χ2n) is 7.19. The lowest BCUT2D eigenvalue weighted by Gasteiger charge is -2.35. The van der Waals surface area contributed by atoms with E-state index in [2.05, 4.69) is 20.6 Å². The zero-order valence-corrected chi connectivity index (χ0v) is 16.5. The molecule has 3 amide bonds. The average molecular weight is 400 g/mol. The second-order valence-corrected chi connectivity index (χ2v) is 7.19. The van der Waals surface area contributed by atoms with E-state index < -0.39 is 6.04 Å². The number of halogens is 1. The predicted octanol–water partition coefficient (Wildman–Crippen LogP) is 2.11. The number of nitrogens with one attached hydrogen (secondary N) is 2. The summed E-state index contributed by atoms with van der Waals surface area (Å²) in [5, 5.41) is 5.55. The Kier molecular flexibility index (Phi) is 6.58. The maximum atomic E-state index is 13.0. The third kappa shape index (κ3) is 5.40. The summed E-state index contributed by atoms with van der Waals surface area (Å²) in [6.07, 6.45) is 3.38. The summed E-state index contributed by atoms with van der Waals surface area (Å²) in [5.41, 5.74) is 0.479. The summed E-state index contributed by atoms with van der Waals surface area (Å²) in [6.45, 7) is 5.97. The Balaban J connectivity index is 1.55. The minimum absolute atomic E-state index is 0.113. The summed E-state index contributed by atoms with van der Waals surface area (Å²) in [6, 6.07) is 6.28. The molecule has 1 fully saturated rings. The SMILES string of the molecule is CC(C)[C@H](NC(=O)N1CCN(c2ncccn2)CC1)C(=O)Nc1ccc(F)cc1. The number of anilines is 2. The molecule has 9 heteroatoms. The first-order valence-electron chi connectivity index (χ1n) is 9.58. The van der Waals surface area contributed by atoms with Crippen LogP contribution >= 0.6 is 0 Å². The Morgan fingerprint density at radius 3 is 2.24 bits per heavy atom. The lowest BCUT2D eigenvalue weighted by atomic mass is 10.0. The van der Waals surface area contributed by atoms with Crippen LogP contribution in [0.3, 0.4) is 0 Å². The third-order valence-electron chi connectivity index (χ3n) is 4.74. The molecule has 2 N–H and O–H groups in total. The monoisotopic (exact) mass is 400 g/mol. The van der Waals surface area contributed by atoms with Crippen LogP contribution in [0.5, 0.6) is 0 Å². The minimum atomic E-state index is -0.706. The molecule has 1 aliphatic rings. The van der Waals surface area contributed by atoms with Crippen LogP contribution < -0.4 is 15.5 Å². The highest BCUT2D eigenvalue weighted by molar-refractivity contribution is 5.97. The number of amides is 3. The summed E-state index contributed by atoms with van der Waals surface area (Å²) >= 11 is 0. The van der Waals surface area contributed by atoms with E-state index in [4.69, 9.17) is 0 Å². The fourth-order valence-corrected chi connectivity index (χ4v) is 3.08. The number of hydrogen-bond donors (Lipinski definition) is 2. The van der Waals surface area contributed by atoms with E-state index in [0.717, 1.165) is 0 Å². The van der Waals surface area contributed by atoms with Crippen molar-refractivity contribution in [3.63, 3.8) is 0 Å². The number of aromatic nitrogens is 2. The Morgan fingerprint density at radius 2 is 1.66 bits per heavy atom. The number of urea groups is 1. The van der Waals surface area contributed by atoms with Crippen molar-refractivity contribution in [2.45, 2.75) is 19.9 Å². The zero-order chi connectivity index (χ0) is 20.8. The van der Waals surface area contributed by atoms with Gasteiger partial charge in [0.1, 0.15) is 11.9 Å². The van der Waals surface area contributed by atoms with Crippen LogP contribution in [0.25, 0.3) is 0 Å². The van der Waals surface area contributed by atoms with E-state index in [0.29, 0.717) is 37.8 Å². The maximum absolute atomic E-state index is 13.0.